The maximum atomic E-state index is 10.9. The van der Waals surface area contributed by atoms with Crippen molar-refractivity contribution in [1.82, 2.24) is 4.90 Å². The molecule has 0 N–H and O–H groups in total. The Labute approximate surface area is 138 Å². The molecule has 2 aromatic carbocycles. The minimum absolute atomic E-state index is 0.455. The van der Waals surface area contributed by atoms with Crippen molar-refractivity contribution in [2.45, 2.75) is 19.9 Å². The number of carbonyl (C=O) groups excluding carboxylic acids is 1. The van der Waals surface area contributed by atoms with Gasteiger partial charge in [-0.2, -0.15) is 0 Å². The van der Waals surface area contributed by atoms with Crippen molar-refractivity contribution in [2.24, 2.45) is 0 Å². The van der Waals surface area contributed by atoms with Gasteiger partial charge in [0, 0.05) is 43.5 Å². The van der Waals surface area contributed by atoms with Crippen LogP contribution in [0.4, 0.5) is 5.69 Å². The van der Waals surface area contributed by atoms with Crippen molar-refractivity contribution in [2.75, 3.05) is 31.1 Å². The number of rotatable bonds is 4. The van der Waals surface area contributed by atoms with Crippen molar-refractivity contribution in [3.05, 3.63) is 65.2 Å². The molecule has 1 saturated heterocycles. The topological polar surface area (TPSA) is 23.6 Å². The number of nitrogens with zero attached hydrogens (tertiary/aromatic N) is 2. The Hall–Kier alpha value is -2.13. The van der Waals surface area contributed by atoms with Crippen LogP contribution in [0.1, 0.15) is 34.5 Å². The monoisotopic (exact) mass is 308 g/mol. The third-order valence-electron chi connectivity index (χ3n) is 4.84. The predicted octanol–water partition coefficient (Wildman–Crippen LogP) is 3.69. The number of aldehydes is 1. The molecule has 0 aromatic heterocycles. The molecule has 3 heteroatoms. The lowest BCUT2D eigenvalue weighted by molar-refractivity contribution is 0.112. The summed E-state index contributed by atoms with van der Waals surface area (Å²) in [4.78, 5) is 15.9. The number of anilines is 1. The van der Waals surface area contributed by atoms with Gasteiger partial charge in [0.25, 0.3) is 0 Å². The Balaban J connectivity index is 1.65. The second-order valence-electron chi connectivity index (χ2n) is 6.27. The number of hydrogen-bond donors (Lipinski definition) is 0. The van der Waals surface area contributed by atoms with Crippen LogP contribution < -0.4 is 4.90 Å². The predicted molar refractivity (Wildman–Crippen MR) is 95.2 cm³/mol. The zero-order valence-corrected chi connectivity index (χ0v) is 13.9. The Bertz CT molecular complexity index is 661. The third-order valence-corrected chi connectivity index (χ3v) is 4.84. The molecule has 120 valence electrons. The van der Waals surface area contributed by atoms with Gasteiger partial charge in [-0.05, 0) is 43.2 Å². The summed E-state index contributed by atoms with van der Waals surface area (Å²) in [5.74, 6) is 0. The van der Waals surface area contributed by atoms with E-state index in [9.17, 15) is 4.79 Å². The molecule has 1 aliphatic heterocycles. The highest BCUT2D eigenvalue weighted by Crippen LogP contribution is 2.26. The fourth-order valence-corrected chi connectivity index (χ4v) is 3.40. The fraction of sp³-hybridized carbons (Fsp3) is 0.350. The summed E-state index contributed by atoms with van der Waals surface area (Å²) in [6, 6.07) is 17.1. The lowest BCUT2D eigenvalue weighted by Gasteiger charge is -2.39. The molecule has 3 nitrogen and oxygen atoms in total. The zero-order valence-electron chi connectivity index (χ0n) is 13.9. The van der Waals surface area contributed by atoms with Gasteiger partial charge in [-0.25, -0.2) is 0 Å². The SMILES string of the molecule is Cc1cc(C=O)ccc1N1CCN(C(C)c2ccccc2)CC1. The molecule has 23 heavy (non-hydrogen) atoms. The van der Waals surface area contributed by atoms with Crippen molar-refractivity contribution in [3.8, 4) is 0 Å². The summed E-state index contributed by atoms with van der Waals surface area (Å²) >= 11 is 0. The molecule has 3 rings (SSSR count). The van der Waals surface area contributed by atoms with Crippen LogP contribution in [-0.4, -0.2) is 37.4 Å². The van der Waals surface area contributed by atoms with Gasteiger partial charge in [-0.15, -0.1) is 0 Å². The van der Waals surface area contributed by atoms with E-state index in [-0.39, 0.29) is 0 Å². The molecule has 1 atom stereocenters. The zero-order chi connectivity index (χ0) is 16.2. The first-order valence-electron chi connectivity index (χ1n) is 8.29. The number of carbonyl (C=O) groups is 1. The molecular formula is C20H24N2O. The van der Waals surface area contributed by atoms with Gasteiger partial charge < -0.3 is 4.90 Å². The summed E-state index contributed by atoms with van der Waals surface area (Å²) < 4.78 is 0. The van der Waals surface area contributed by atoms with Gasteiger partial charge in [0.1, 0.15) is 6.29 Å². The average molecular weight is 308 g/mol. The minimum Gasteiger partial charge on any atom is -0.369 e. The van der Waals surface area contributed by atoms with Crippen LogP contribution in [0.3, 0.4) is 0 Å². The van der Waals surface area contributed by atoms with E-state index in [1.807, 2.05) is 12.1 Å². The van der Waals surface area contributed by atoms with Crippen molar-refractivity contribution >= 4 is 12.0 Å². The van der Waals surface area contributed by atoms with Gasteiger partial charge in [-0.1, -0.05) is 30.3 Å². The van der Waals surface area contributed by atoms with Crippen molar-refractivity contribution < 1.29 is 4.79 Å². The molecule has 0 bridgehead atoms. The first-order valence-corrected chi connectivity index (χ1v) is 8.29. The van der Waals surface area contributed by atoms with Gasteiger partial charge >= 0.3 is 0 Å². The van der Waals surface area contributed by atoms with Crippen LogP contribution in [0.15, 0.2) is 48.5 Å². The van der Waals surface area contributed by atoms with Gasteiger partial charge in [0.2, 0.25) is 0 Å². The van der Waals surface area contributed by atoms with E-state index >= 15 is 0 Å². The van der Waals surface area contributed by atoms with Crippen LogP contribution in [-0.2, 0) is 0 Å². The van der Waals surface area contributed by atoms with E-state index in [0.29, 0.717) is 6.04 Å². The van der Waals surface area contributed by atoms with Crippen LogP contribution in [0, 0.1) is 6.92 Å². The maximum absolute atomic E-state index is 10.9. The van der Waals surface area contributed by atoms with E-state index < -0.39 is 0 Å². The van der Waals surface area contributed by atoms with E-state index in [0.717, 1.165) is 38.0 Å². The highest BCUT2D eigenvalue weighted by Gasteiger charge is 2.22. The standard InChI is InChI=1S/C20H24N2O/c1-16-14-18(15-23)8-9-20(16)22-12-10-21(11-13-22)17(2)19-6-4-3-5-7-19/h3-9,14-15,17H,10-13H2,1-2H3. The lowest BCUT2D eigenvalue weighted by Crippen LogP contribution is -2.47. The molecule has 1 heterocycles. The quantitative estimate of drug-likeness (QED) is 0.805. The first-order chi connectivity index (χ1) is 11.2. The highest BCUT2D eigenvalue weighted by atomic mass is 16.1. The van der Waals surface area contributed by atoms with Gasteiger partial charge in [-0.3, -0.25) is 9.69 Å². The van der Waals surface area contributed by atoms with Gasteiger partial charge in [0.15, 0.2) is 0 Å². The molecule has 1 unspecified atom stereocenters. The Kier molecular flexibility index (Phi) is 4.77. The van der Waals surface area contributed by atoms with Crippen molar-refractivity contribution in [3.63, 3.8) is 0 Å². The van der Waals surface area contributed by atoms with Crippen LogP contribution >= 0.6 is 0 Å². The van der Waals surface area contributed by atoms with Crippen LogP contribution in [0.5, 0.6) is 0 Å². The summed E-state index contributed by atoms with van der Waals surface area (Å²) in [7, 11) is 0. The second kappa shape index (κ2) is 6.97. The van der Waals surface area contributed by atoms with Crippen molar-refractivity contribution in [1.29, 1.82) is 0 Å². The van der Waals surface area contributed by atoms with E-state index in [2.05, 4.69) is 60.0 Å². The Morgan fingerprint density at radius 2 is 1.70 bits per heavy atom. The summed E-state index contributed by atoms with van der Waals surface area (Å²) in [6.45, 7) is 8.54. The Morgan fingerprint density at radius 1 is 1.00 bits per heavy atom. The lowest BCUT2D eigenvalue weighted by atomic mass is 10.1. The summed E-state index contributed by atoms with van der Waals surface area (Å²) in [5.41, 5.74) is 4.57. The average Bonchev–Trinajstić information content (AvgIpc) is 2.62. The molecule has 0 radical (unpaired) electrons. The molecule has 0 amide bonds. The van der Waals surface area contributed by atoms with Gasteiger partial charge in [0.05, 0.1) is 0 Å². The molecule has 0 aliphatic carbocycles. The van der Waals surface area contributed by atoms with E-state index in [1.165, 1.54) is 16.8 Å². The van der Waals surface area contributed by atoms with E-state index in [1.54, 1.807) is 0 Å². The number of hydrogen-bond acceptors (Lipinski definition) is 3. The molecule has 2 aromatic rings. The normalized spacial score (nSPS) is 17.0. The van der Waals surface area contributed by atoms with E-state index in [4.69, 9.17) is 0 Å². The third kappa shape index (κ3) is 3.45. The number of piperazine rings is 1. The molecule has 0 spiro atoms. The summed E-state index contributed by atoms with van der Waals surface area (Å²) in [6.07, 6.45) is 0.913. The molecule has 0 saturated carbocycles. The largest absolute Gasteiger partial charge is 0.369 e. The number of aryl methyl sites for hydroxylation is 1. The van der Waals surface area contributed by atoms with Crippen LogP contribution in [0.25, 0.3) is 0 Å². The van der Waals surface area contributed by atoms with Crippen LogP contribution in [0.2, 0.25) is 0 Å². The fourth-order valence-electron chi connectivity index (χ4n) is 3.40. The Morgan fingerprint density at radius 3 is 2.30 bits per heavy atom. The first kappa shape index (κ1) is 15.8. The molecule has 1 aliphatic rings. The summed E-state index contributed by atoms with van der Waals surface area (Å²) in [5, 5.41) is 0. The minimum atomic E-state index is 0.455. The molecular weight excluding hydrogens is 284 g/mol. The molecule has 1 fully saturated rings. The number of benzene rings is 2. The smallest absolute Gasteiger partial charge is 0.150 e. The second-order valence-corrected chi connectivity index (χ2v) is 6.27. The maximum Gasteiger partial charge on any atom is 0.150 e. The highest BCUT2D eigenvalue weighted by molar-refractivity contribution is 5.77.